The Balaban J connectivity index is 1.48. The summed E-state index contributed by atoms with van der Waals surface area (Å²) >= 11 is 7.52. The van der Waals surface area contributed by atoms with Gasteiger partial charge in [-0.2, -0.15) is 0 Å². The number of hydrogen-bond donors (Lipinski definition) is 2. The Morgan fingerprint density at radius 3 is 2.55 bits per heavy atom. The number of carboxylic acid groups (broad SMARTS) is 1. The van der Waals surface area contributed by atoms with Gasteiger partial charge in [-0.05, 0) is 45.6 Å². The van der Waals surface area contributed by atoms with Gasteiger partial charge in [0.05, 0.1) is 27.9 Å². The predicted octanol–water partition coefficient (Wildman–Crippen LogP) is 4.28. The third-order valence-corrected chi connectivity index (χ3v) is 11.5. The van der Waals surface area contributed by atoms with Gasteiger partial charge < -0.3 is 15.2 Å². The van der Waals surface area contributed by atoms with Crippen molar-refractivity contribution in [1.29, 1.82) is 0 Å². The standard InChI is InChI=1S/C27H29ClF2N4O6S2/c1-3-40-25(35)18-21(14-6-9-34(10-7-14)42(38,39)15-12-27(2,13-15)26(36)37)32-23(24-31-8-11-41-24)33-22(18)16-4-5-17(29)20(30)19(16)28/h4-5,8,11,14-15,22H,3,6-7,9-10,12-13H2,1-2H3,(H,32,33)(H,36,37)/t15-,22-,27+/m1/s1. The van der Waals surface area contributed by atoms with E-state index < -0.39 is 55.3 Å². The zero-order chi connectivity index (χ0) is 30.4. The fraction of sp³-hybridized carbons (Fsp3) is 0.481. The highest BCUT2D eigenvalue weighted by Gasteiger charge is 2.53. The molecule has 0 amide bonds. The largest absolute Gasteiger partial charge is 0.481 e. The molecule has 1 aliphatic carbocycles. The number of piperidine rings is 1. The number of carbonyl (C=O) groups is 2. The van der Waals surface area contributed by atoms with Crippen LogP contribution < -0.4 is 5.32 Å². The van der Waals surface area contributed by atoms with Crippen LogP contribution in [-0.2, 0) is 24.3 Å². The van der Waals surface area contributed by atoms with Gasteiger partial charge in [-0.1, -0.05) is 17.7 Å². The Hall–Kier alpha value is -2.94. The second-order valence-corrected chi connectivity index (χ2v) is 14.3. The molecule has 2 N–H and O–H groups in total. The van der Waals surface area contributed by atoms with Gasteiger partial charge in [0.15, 0.2) is 22.5 Å². The van der Waals surface area contributed by atoms with Crippen LogP contribution in [0.3, 0.4) is 0 Å². The quantitative estimate of drug-likeness (QED) is 0.322. The number of aromatic nitrogens is 1. The molecule has 2 aromatic rings. The number of aliphatic imine (C=N–C) groups is 1. The predicted molar refractivity (Wildman–Crippen MR) is 152 cm³/mol. The molecule has 1 aromatic heterocycles. The average Bonchev–Trinajstić information content (AvgIpc) is 3.49. The third kappa shape index (κ3) is 5.45. The topological polar surface area (TPSA) is 138 Å². The van der Waals surface area contributed by atoms with Gasteiger partial charge in [0.1, 0.15) is 6.04 Å². The molecule has 1 saturated heterocycles. The molecule has 1 saturated carbocycles. The highest BCUT2D eigenvalue weighted by atomic mass is 35.5. The number of rotatable bonds is 8. The fourth-order valence-electron chi connectivity index (χ4n) is 5.69. The molecule has 3 heterocycles. The molecule has 0 spiro atoms. The van der Waals surface area contributed by atoms with E-state index in [-0.39, 0.29) is 49.6 Å². The van der Waals surface area contributed by atoms with Crippen LogP contribution in [0.5, 0.6) is 0 Å². The molecule has 1 aromatic carbocycles. The van der Waals surface area contributed by atoms with Gasteiger partial charge in [0.25, 0.3) is 0 Å². The molecule has 15 heteroatoms. The number of hydrogen-bond acceptors (Lipinski definition) is 9. The molecule has 42 heavy (non-hydrogen) atoms. The SMILES string of the molecule is CCOC(=O)C1=C(C2CCN(S(=O)(=O)[C@H]3C[C@@](C)(C(=O)O)C3)CC2)NC(c2nccs2)=N[C@@H]1c1ccc(F)c(F)c1Cl. The minimum Gasteiger partial charge on any atom is -0.481 e. The number of aliphatic carboxylic acids is 1. The molecule has 2 aliphatic heterocycles. The van der Waals surface area contributed by atoms with Gasteiger partial charge in [-0.15, -0.1) is 11.3 Å². The smallest absolute Gasteiger partial charge is 0.338 e. The lowest BCUT2D eigenvalue weighted by Gasteiger charge is -2.44. The van der Waals surface area contributed by atoms with Crippen molar-refractivity contribution >= 4 is 50.7 Å². The lowest BCUT2D eigenvalue weighted by molar-refractivity contribution is -0.152. The van der Waals surface area contributed by atoms with Crippen molar-refractivity contribution < 1.29 is 36.6 Å². The summed E-state index contributed by atoms with van der Waals surface area (Å²) in [5.41, 5.74) is -0.484. The second kappa shape index (κ2) is 11.6. The van der Waals surface area contributed by atoms with E-state index in [1.54, 1.807) is 25.4 Å². The normalized spacial score (nSPS) is 25.4. The van der Waals surface area contributed by atoms with Gasteiger partial charge >= 0.3 is 11.9 Å². The molecule has 226 valence electrons. The zero-order valence-corrected chi connectivity index (χ0v) is 25.2. The number of esters is 1. The molecular weight excluding hydrogens is 614 g/mol. The number of halogens is 3. The molecule has 5 rings (SSSR count). The molecule has 0 unspecified atom stereocenters. The Labute approximate surface area is 250 Å². The van der Waals surface area contributed by atoms with E-state index in [2.05, 4.69) is 15.3 Å². The van der Waals surface area contributed by atoms with E-state index in [9.17, 15) is 31.9 Å². The van der Waals surface area contributed by atoms with Crippen LogP contribution in [0.25, 0.3) is 0 Å². The fourth-order valence-corrected chi connectivity index (χ4v) is 8.83. The van der Waals surface area contributed by atoms with E-state index >= 15 is 0 Å². The molecule has 3 aliphatic rings. The number of thiazole rings is 1. The lowest BCUT2D eigenvalue weighted by atomic mass is 9.70. The number of benzene rings is 1. The number of nitrogens with zero attached hydrogens (tertiary/aromatic N) is 3. The molecule has 2 fully saturated rings. The van der Waals surface area contributed by atoms with E-state index in [0.29, 0.717) is 29.4 Å². The Kier molecular flexibility index (Phi) is 8.45. The zero-order valence-electron chi connectivity index (χ0n) is 22.8. The number of allylic oxidation sites excluding steroid dienone is 1. The van der Waals surface area contributed by atoms with Crippen LogP contribution in [0.15, 0.2) is 40.0 Å². The van der Waals surface area contributed by atoms with Crippen molar-refractivity contribution in [3.05, 3.63) is 62.2 Å². The minimum absolute atomic E-state index is 0.0459. The summed E-state index contributed by atoms with van der Waals surface area (Å²) in [6.07, 6.45) is 2.34. The first-order chi connectivity index (χ1) is 19.9. The lowest BCUT2D eigenvalue weighted by Crippen LogP contribution is -2.54. The molecule has 10 nitrogen and oxygen atoms in total. The number of carboxylic acids is 1. The third-order valence-electron chi connectivity index (χ3n) is 8.08. The maximum Gasteiger partial charge on any atom is 0.338 e. The average molecular weight is 643 g/mol. The summed E-state index contributed by atoms with van der Waals surface area (Å²) in [6.45, 7) is 3.52. The Morgan fingerprint density at radius 2 is 1.95 bits per heavy atom. The molecular formula is C27H29ClF2N4O6S2. The van der Waals surface area contributed by atoms with Crippen LogP contribution in [0.2, 0.25) is 5.02 Å². The first-order valence-corrected chi connectivity index (χ1v) is 16.1. The first-order valence-electron chi connectivity index (χ1n) is 13.4. The van der Waals surface area contributed by atoms with E-state index in [0.717, 1.165) is 6.07 Å². The van der Waals surface area contributed by atoms with Crippen molar-refractivity contribution in [2.45, 2.75) is 50.8 Å². The summed E-state index contributed by atoms with van der Waals surface area (Å²) in [5.74, 6) is -4.19. The van der Waals surface area contributed by atoms with Crippen LogP contribution in [0.4, 0.5) is 8.78 Å². The number of carbonyl (C=O) groups excluding carboxylic acids is 1. The second-order valence-electron chi connectivity index (χ2n) is 10.8. The van der Waals surface area contributed by atoms with E-state index in [4.69, 9.17) is 16.3 Å². The Morgan fingerprint density at radius 1 is 1.26 bits per heavy atom. The molecule has 0 radical (unpaired) electrons. The molecule has 0 bridgehead atoms. The number of nitrogens with one attached hydrogen (secondary N) is 1. The highest BCUT2D eigenvalue weighted by molar-refractivity contribution is 7.89. The van der Waals surface area contributed by atoms with Crippen LogP contribution in [0, 0.1) is 23.0 Å². The van der Waals surface area contributed by atoms with Gasteiger partial charge in [0, 0.05) is 41.8 Å². The summed E-state index contributed by atoms with van der Waals surface area (Å²) in [5, 5.41) is 13.6. The van der Waals surface area contributed by atoms with Gasteiger partial charge in [-0.25, -0.2) is 31.3 Å². The number of ether oxygens (including phenoxy) is 1. The van der Waals surface area contributed by atoms with Crippen molar-refractivity contribution in [1.82, 2.24) is 14.6 Å². The number of amidine groups is 1. The maximum absolute atomic E-state index is 14.6. The van der Waals surface area contributed by atoms with Gasteiger partial charge in [-0.3, -0.25) is 9.79 Å². The monoisotopic (exact) mass is 642 g/mol. The first kappa shape index (κ1) is 30.5. The summed E-state index contributed by atoms with van der Waals surface area (Å²) in [4.78, 5) is 33.8. The Bertz CT molecular complexity index is 1570. The van der Waals surface area contributed by atoms with Crippen molar-refractivity contribution in [3.8, 4) is 0 Å². The van der Waals surface area contributed by atoms with Crippen LogP contribution in [0.1, 0.15) is 56.1 Å². The maximum atomic E-state index is 14.6. The van der Waals surface area contributed by atoms with Crippen LogP contribution >= 0.6 is 22.9 Å². The van der Waals surface area contributed by atoms with Crippen molar-refractivity contribution in [2.75, 3.05) is 19.7 Å². The van der Waals surface area contributed by atoms with Gasteiger partial charge in [0.2, 0.25) is 10.0 Å². The van der Waals surface area contributed by atoms with Crippen molar-refractivity contribution in [3.63, 3.8) is 0 Å². The highest BCUT2D eigenvalue weighted by Crippen LogP contribution is 2.46. The minimum atomic E-state index is -3.72. The summed E-state index contributed by atoms with van der Waals surface area (Å²) in [6, 6.07) is 1.04. The van der Waals surface area contributed by atoms with Crippen LogP contribution in [-0.4, -0.2) is 65.5 Å². The summed E-state index contributed by atoms with van der Waals surface area (Å²) < 4.78 is 61.9. The van der Waals surface area contributed by atoms with Crippen molar-refractivity contribution in [2.24, 2.45) is 16.3 Å². The van der Waals surface area contributed by atoms with E-state index in [1.165, 1.54) is 21.7 Å². The summed E-state index contributed by atoms with van der Waals surface area (Å²) in [7, 11) is -3.72. The van der Waals surface area contributed by atoms with E-state index in [1.807, 2.05) is 0 Å². The number of sulfonamides is 1. The molecule has 1 atom stereocenters.